The first-order valence-electron chi connectivity index (χ1n) is 8.42. The Morgan fingerprint density at radius 2 is 1.80 bits per heavy atom. The molecule has 2 rings (SSSR count). The second kappa shape index (κ2) is 8.99. The van der Waals surface area contributed by atoms with Gasteiger partial charge in [-0.2, -0.15) is 0 Å². The molecule has 2 aromatic carbocycles. The predicted octanol–water partition coefficient (Wildman–Crippen LogP) is 5.61. The Bertz CT molecular complexity index is 759. The van der Waals surface area contributed by atoms with E-state index in [2.05, 4.69) is 15.9 Å². The average Bonchev–Trinajstić information content (AvgIpc) is 2.62. The van der Waals surface area contributed by atoms with Crippen LogP contribution in [0.25, 0.3) is 0 Å². The molecule has 3 nitrogen and oxygen atoms in total. The number of ether oxygens (including phenoxy) is 2. The fourth-order valence-corrected chi connectivity index (χ4v) is 3.00. The first-order valence-corrected chi connectivity index (χ1v) is 9.21. The quantitative estimate of drug-likeness (QED) is 0.441. The molecule has 2 aromatic rings. The topological polar surface area (TPSA) is 35.5 Å². The van der Waals surface area contributed by atoms with E-state index in [4.69, 9.17) is 9.47 Å². The minimum Gasteiger partial charge on any atom is -0.487 e. The first-order chi connectivity index (χ1) is 12.0. The van der Waals surface area contributed by atoms with Crippen LogP contribution in [0.3, 0.4) is 0 Å². The van der Waals surface area contributed by atoms with E-state index >= 15 is 0 Å². The highest BCUT2D eigenvalue weighted by molar-refractivity contribution is 9.10. The van der Waals surface area contributed by atoms with Crippen LogP contribution < -0.4 is 9.47 Å². The fourth-order valence-electron chi connectivity index (χ4n) is 2.50. The Hall–Kier alpha value is -1.88. The normalized spacial score (nSPS) is 10.6. The molecule has 0 aliphatic carbocycles. The van der Waals surface area contributed by atoms with Gasteiger partial charge in [0.15, 0.2) is 0 Å². The van der Waals surface area contributed by atoms with Gasteiger partial charge >= 0.3 is 5.97 Å². The zero-order valence-corrected chi connectivity index (χ0v) is 16.3. The number of hydrogen-bond donors (Lipinski definition) is 0. The molecule has 0 spiro atoms. The second-order valence-corrected chi connectivity index (χ2v) is 6.45. The van der Waals surface area contributed by atoms with Crippen molar-refractivity contribution in [1.29, 1.82) is 0 Å². The van der Waals surface area contributed by atoms with E-state index < -0.39 is 0 Å². The minimum absolute atomic E-state index is 0.194. The Balaban J connectivity index is 2.28. The van der Waals surface area contributed by atoms with Gasteiger partial charge in [0, 0.05) is 18.1 Å². The standard InChI is InChI=1S/C20H22BrFO3/c1-4-13-8-7-9-18(25-20(23)6-3)15(13)12-24-19-11-17(22)14(5-2)10-16(19)21/h7-11H,4-6,12H2,1-3H3. The van der Waals surface area contributed by atoms with Crippen LogP contribution in [0.5, 0.6) is 11.5 Å². The van der Waals surface area contributed by atoms with E-state index in [9.17, 15) is 9.18 Å². The molecule has 0 unspecified atom stereocenters. The maximum atomic E-state index is 14.0. The van der Waals surface area contributed by atoms with Gasteiger partial charge in [0.1, 0.15) is 23.9 Å². The number of benzene rings is 2. The fraction of sp³-hybridized carbons (Fsp3) is 0.350. The second-order valence-electron chi connectivity index (χ2n) is 5.59. The molecule has 0 radical (unpaired) electrons. The monoisotopic (exact) mass is 408 g/mol. The van der Waals surface area contributed by atoms with Gasteiger partial charge in [0.2, 0.25) is 0 Å². The lowest BCUT2D eigenvalue weighted by Gasteiger charge is -2.16. The third-order valence-corrected chi connectivity index (χ3v) is 4.60. The molecule has 0 N–H and O–H groups in total. The van der Waals surface area contributed by atoms with Crippen LogP contribution in [-0.4, -0.2) is 5.97 Å². The van der Waals surface area contributed by atoms with E-state index in [1.807, 2.05) is 26.0 Å². The lowest BCUT2D eigenvalue weighted by molar-refractivity contribution is -0.134. The summed E-state index contributed by atoms with van der Waals surface area (Å²) in [6.45, 7) is 5.87. The maximum Gasteiger partial charge on any atom is 0.310 e. The molecule has 0 heterocycles. The highest BCUT2D eigenvalue weighted by Crippen LogP contribution is 2.31. The van der Waals surface area contributed by atoms with E-state index in [0.717, 1.165) is 17.5 Å². The van der Waals surface area contributed by atoms with Gasteiger partial charge in [0.25, 0.3) is 0 Å². The third-order valence-electron chi connectivity index (χ3n) is 3.98. The molecular formula is C20H22BrFO3. The smallest absolute Gasteiger partial charge is 0.310 e. The highest BCUT2D eigenvalue weighted by atomic mass is 79.9. The number of hydrogen-bond acceptors (Lipinski definition) is 3. The molecule has 0 aliphatic heterocycles. The lowest BCUT2D eigenvalue weighted by atomic mass is 10.0. The Morgan fingerprint density at radius 1 is 1.08 bits per heavy atom. The number of halogens is 2. The van der Waals surface area contributed by atoms with Crippen LogP contribution in [0.4, 0.5) is 4.39 Å². The Morgan fingerprint density at radius 3 is 2.44 bits per heavy atom. The summed E-state index contributed by atoms with van der Waals surface area (Å²) < 4.78 is 26.0. The molecule has 0 bridgehead atoms. The van der Waals surface area contributed by atoms with Gasteiger partial charge < -0.3 is 9.47 Å². The van der Waals surface area contributed by atoms with Crippen LogP contribution >= 0.6 is 15.9 Å². The summed E-state index contributed by atoms with van der Waals surface area (Å²) in [4.78, 5) is 11.7. The van der Waals surface area contributed by atoms with Crippen LogP contribution in [0.15, 0.2) is 34.8 Å². The molecule has 25 heavy (non-hydrogen) atoms. The number of esters is 1. The zero-order valence-electron chi connectivity index (χ0n) is 14.7. The summed E-state index contributed by atoms with van der Waals surface area (Å²) in [6, 6.07) is 8.69. The minimum atomic E-state index is -0.297. The lowest BCUT2D eigenvalue weighted by Crippen LogP contribution is -2.10. The summed E-state index contributed by atoms with van der Waals surface area (Å²) in [5.74, 6) is 0.331. The summed E-state index contributed by atoms with van der Waals surface area (Å²) >= 11 is 3.42. The van der Waals surface area contributed by atoms with Crippen molar-refractivity contribution < 1.29 is 18.7 Å². The van der Waals surface area contributed by atoms with Crippen molar-refractivity contribution in [2.24, 2.45) is 0 Å². The Labute approximate surface area is 156 Å². The van der Waals surface area contributed by atoms with Gasteiger partial charge in [0.05, 0.1) is 4.47 Å². The van der Waals surface area contributed by atoms with E-state index in [1.54, 1.807) is 19.1 Å². The van der Waals surface area contributed by atoms with Crippen LogP contribution in [0.1, 0.15) is 43.9 Å². The van der Waals surface area contributed by atoms with Crippen LogP contribution in [0, 0.1) is 5.82 Å². The number of aryl methyl sites for hydroxylation is 2. The van der Waals surface area contributed by atoms with Crippen LogP contribution in [0.2, 0.25) is 0 Å². The van der Waals surface area contributed by atoms with Gasteiger partial charge in [-0.1, -0.05) is 32.9 Å². The molecule has 0 aliphatic rings. The van der Waals surface area contributed by atoms with Gasteiger partial charge in [-0.3, -0.25) is 4.79 Å². The summed E-state index contributed by atoms with van der Waals surface area (Å²) in [5.41, 5.74) is 2.47. The number of rotatable bonds is 7. The molecule has 0 saturated carbocycles. The van der Waals surface area contributed by atoms with Gasteiger partial charge in [-0.05, 0) is 52.0 Å². The molecule has 134 valence electrons. The SMILES string of the molecule is CCC(=O)Oc1cccc(CC)c1COc1cc(F)c(CC)cc1Br. The van der Waals surface area contributed by atoms with Crippen molar-refractivity contribution in [2.45, 2.75) is 46.6 Å². The molecule has 0 atom stereocenters. The van der Waals surface area contributed by atoms with Crippen molar-refractivity contribution in [3.63, 3.8) is 0 Å². The summed E-state index contributed by atoms with van der Waals surface area (Å²) in [5, 5.41) is 0. The maximum absolute atomic E-state index is 14.0. The van der Waals surface area contributed by atoms with Gasteiger partial charge in [-0.25, -0.2) is 4.39 Å². The van der Waals surface area contributed by atoms with Crippen molar-refractivity contribution in [3.05, 3.63) is 57.3 Å². The van der Waals surface area contributed by atoms with Crippen molar-refractivity contribution >= 4 is 21.9 Å². The average molecular weight is 409 g/mol. The first kappa shape index (κ1) is 19.4. The molecule has 5 heteroatoms. The molecule has 0 saturated heterocycles. The molecule has 0 aromatic heterocycles. The molecular weight excluding hydrogens is 387 g/mol. The summed E-state index contributed by atoms with van der Waals surface area (Å²) in [7, 11) is 0. The number of carbonyl (C=O) groups is 1. The van der Waals surface area contributed by atoms with E-state index in [-0.39, 0.29) is 18.4 Å². The summed E-state index contributed by atoms with van der Waals surface area (Å²) in [6.07, 6.45) is 1.69. The van der Waals surface area contributed by atoms with E-state index in [0.29, 0.717) is 34.4 Å². The predicted molar refractivity (Wildman–Crippen MR) is 99.6 cm³/mol. The van der Waals surface area contributed by atoms with Crippen molar-refractivity contribution in [3.8, 4) is 11.5 Å². The molecule has 0 fully saturated rings. The van der Waals surface area contributed by atoms with Crippen molar-refractivity contribution in [1.82, 2.24) is 0 Å². The van der Waals surface area contributed by atoms with Gasteiger partial charge in [-0.15, -0.1) is 0 Å². The van der Waals surface area contributed by atoms with Crippen LogP contribution in [-0.2, 0) is 24.2 Å². The third kappa shape index (κ3) is 4.82. The van der Waals surface area contributed by atoms with Crippen molar-refractivity contribution in [2.75, 3.05) is 0 Å². The number of carbonyl (C=O) groups excluding carboxylic acids is 1. The highest BCUT2D eigenvalue weighted by Gasteiger charge is 2.14. The zero-order chi connectivity index (χ0) is 18.4. The molecule has 0 amide bonds. The largest absolute Gasteiger partial charge is 0.487 e. The Kier molecular flexibility index (Phi) is 7.00. The van der Waals surface area contributed by atoms with E-state index in [1.165, 1.54) is 6.07 Å².